The summed E-state index contributed by atoms with van der Waals surface area (Å²) in [5.74, 6) is 0. The highest BCUT2D eigenvalue weighted by Crippen LogP contribution is 2.26. The third-order valence-corrected chi connectivity index (χ3v) is 3.19. The molecule has 0 bridgehead atoms. The van der Waals surface area contributed by atoms with Crippen LogP contribution in [0, 0.1) is 0 Å². The van der Waals surface area contributed by atoms with E-state index in [1.54, 1.807) is 0 Å². The second kappa shape index (κ2) is 8.91. The normalized spacial score (nSPS) is 14.1. The molecule has 1 aromatic rings. The van der Waals surface area contributed by atoms with Crippen molar-refractivity contribution in [3.05, 3.63) is 18.7 Å². The molecule has 1 N–H and O–H groups in total. The summed E-state index contributed by atoms with van der Waals surface area (Å²) in [7, 11) is 3.30. The Morgan fingerprint density at radius 1 is 1.43 bits per heavy atom. The fourth-order valence-electron chi connectivity index (χ4n) is 1.17. The Bertz CT molecular complexity index is 445. The summed E-state index contributed by atoms with van der Waals surface area (Å²) in [4.78, 5) is 15.2. The molecule has 0 radical (unpaired) electrons. The van der Waals surface area contributed by atoms with Crippen molar-refractivity contribution in [3.8, 4) is 0 Å². The summed E-state index contributed by atoms with van der Waals surface area (Å²) < 4.78 is 28.3. The summed E-state index contributed by atoms with van der Waals surface area (Å²) in [6.45, 7) is 2.48. The molecule has 0 saturated heterocycles. The van der Waals surface area contributed by atoms with Crippen LogP contribution in [0.3, 0.4) is 0 Å². The maximum Gasteiger partial charge on any atom is 0.421 e. The van der Waals surface area contributed by atoms with Crippen LogP contribution in [0.25, 0.3) is 0 Å². The Kier molecular flexibility index (Phi) is 8.38. The van der Waals surface area contributed by atoms with Gasteiger partial charge >= 0.3 is 14.3 Å². The van der Waals surface area contributed by atoms with Crippen LogP contribution in [0.4, 0.5) is 4.79 Å². The highest BCUT2D eigenvalue weighted by Gasteiger charge is 2.15. The zero-order chi connectivity index (χ0) is 15.2. The third kappa shape index (κ3) is 8.59. The predicted molar refractivity (Wildman–Crippen MR) is 74.4 cm³/mol. The molecule has 2 atom stereocenters. The lowest BCUT2D eigenvalue weighted by Crippen LogP contribution is -2.37. The number of carbonyl (C=O) groups is 1. The number of nitrogens with zero attached hydrogens (tertiary/aromatic N) is 3. The second-order valence-electron chi connectivity index (χ2n) is 5.15. The lowest BCUT2D eigenvalue weighted by Gasteiger charge is -2.23. The maximum absolute atomic E-state index is 11.5. The quantitative estimate of drug-likeness (QED) is 0.421. The topological polar surface area (TPSA) is 110 Å². The Hall–Kier alpha value is -1.25. The van der Waals surface area contributed by atoms with Crippen molar-refractivity contribution in [3.63, 3.8) is 0 Å². The number of hydrogen-bond donors (Lipinski definition) is 0. The summed E-state index contributed by atoms with van der Waals surface area (Å²) in [6.07, 6.45) is 2.58. The summed E-state index contributed by atoms with van der Waals surface area (Å²) in [5.41, 5.74) is 0. The van der Waals surface area contributed by atoms with Crippen molar-refractivity contribution in [1.82, 2.24) is 9.55 Å². The van der Waals surface area contributed by atoms with E-state index in [4.69, 9.17) is 13.8 Å². The molecule has 0 aliphatic heterocycles. The number of aromatic nitrogens is 2. The molecule has 21 heavy (non-hydrogen) atoms. The van der Waals surface area contributed by atoms with Gasteiger partial charge in [0.2, 0.25) is 6.29 Å². The minimum atomic E-state index is -2.69. The van der Waals surface area contributed by atoms with E-state index < -0.39 is 20.6 Å². The number of hydrogen-bond acceptors (Lipinski definition) is 7. The van der Waals surface area contributed by atoms with Gasteiger partial charge < -0.3 is 19.2 Å². The van der Waals surface area contributed by atoms with E-state index in [0.717, 1.165) is 4.57 Å². The molecule has 0 amide bonds. The molecular formula is C11H22N3O6P. The van der Waals surface area contributed by atoms with Crippen molar-refractivity contribution in [2.75, 3.05) is 34.3 Å². The molecule has 0 aromatic carbocycles. The van der Waals surface area contributed by atoms with Crippen molar-refractivity contribution in [2.45, 2.75) is 13.2 Å². The third-order valence-electron chi connectivity index (χ3n) is 2.23. The molecule has 10 heteroatoms. The molecule has 1 aromatic heterocycles. The van der Waals surface area contributed by atoms with E-state index in [2.05, 4.69) is 4.98 Å². The Morgan fingerprint density at radius 3 is 2.62 bits per heavy atom. The molecular weight excluding hydrogens is 301 g/mol. The number of likely N-dealkylation sites (N-methyl/N-ethyl adjacent to an activating group) is 1. The van der Waals surface area contributed by atoms with Gasteiger partial charge in [-0.2, -0.15) is 0 Å². The van der Waals surface area contributed by atoms with Crippen LogP contribution in [0.15, 0.2) is 18.7 Å². The minimum absolute atomic E-state index is 0. The first-order valence-electron chi connectivity index (χ1n) is 6.11. The van der Waals surface area contributed by atoms with E-state index in [1.165, 1.54) is 25.6 Å². The van der Waals surface area contributed by atoms with Crippen molar-refractivity contribution in [1.29, 1.82) is 0 Å². The van der Waals surface area contributed by atoms with Gasteiger partial charge in [0.1, 0.15) is 19.5 Å². The standard InChI is InChI=1S/C11H21N3O5P.H2O/c1-10(18-11(15)13-6-5-12-9-13)19-20(16)17-8-7-14(2,3)4;/h5-6,9-10,20H,7-8H2,1-4H3;1H2/q+1;/p-1. The van der Waals surface area contributed by atoms with Gasteiger partial charge in [0.15, 0.2) is 0 Å². The summed E-state index contributed by atoms with van der Waals surface area (Å²) in [5, 5.41) is 0. The van der Waals surface area contributed by atoms with Crippen molar-refractivity contribution in [2.24, 2.45) is 0 Å². The fraction of sp³-hybridized carbons (Fsp3) is 0.636. The number of carbonyl (C=O) groups excluding carboxylic acids is 1. The molecule has 0 fully saturated rings. The largest absolute Gasteiger partial charge is 0.870 e. The monoisotopic (exact) mass is 323 g/mol. The number of ether oxygens (including phenoxy) is 1. The molecule has 9 nitrogen and oxygen atoms in total. The van der Waals surface area contributed by atoms with Gasteiger partial charge in [0.25, 0.3) is 0 Å². The molecule has 0 spiro atoms. The lowest BCUT2D eigenvalue weighted by molar-refractivity contribution is -0.870. The van der Waals surface area contributed by atoms with Crippen LogP contribution in [-0.4, -0.2) is 66.2 Å². The maximum atomic E-state index is 11.5. The SMILES string of the molecule is CC(OC(=O)n1ccnc1)O[PH](=O)OCC[N+](C)(C)C.[OH-]. The molecule has 122 valence electrons. The molecule has 2 unspecified atom stereocenters. The number of rotatable bonds is 7. The molecule has 1 heterocycles. The van der Waals surface area contributed by atoms with Crippen LogP contribution in [0.1, 0.15) is 6.92 Å². The first kappa shape index (κ1) is 19.8. The Labute approximate surface area is 124 Å². The van der Waals surface area contributed by atoms with Gasteiger partial charge in [-0.05, 0) is 6.92 Å². The van der Waals surface area contributed by atoms with E-state index >= 15 is 0 Å². The molecule has 0 aliphatic carbocycles. The molecule has 1 rings (SSSR count). The summed E-state index contributed by atoms with van der Waals surface area (Å²) in [6, 6.07) is 0. The van der Waals surface area contributed by atoms with Gasteiger partial charge in [0, 0.05) is 12.4 Å². The van der Waals surface area contributed by atoms with Crippen LogP contribution >= 0.6 is 8.25 Å². The Balaban J connectivity index is 0.00000400. The van der Waals surface area contributed by atoms with Gasteiger partial charge in [-0.3, -0.25) is 9.09 Å². The minimum Gasteiger partial charge on any atom is -0.870 e. The van der Waals surface area contributed by atoms with Crippen LogP contribution in [0.2, 0.25) is 0 Å². The van der Waals surface area contributed by atoms with E-state index in [-0.39, 0.29) is 5.48 Å². The van der Waals surface area contributed by atoms with Crippen LogP contribution in [-0.2, 0) is 18.3 Å². The Morgan fingerprint density at radius 2 is 2.10 bits per heavy atom. The summed E-state index contributed by atoms with van der Waals surface area (Å²) >= 11 is 0. The van der Waals surface area contributed by atoms with E-state index in [0.29, 0.717) is 17.6 Å². The average Bonchev–Trinajstić information content (AvgIpc) is 2.79. The lowest BCUT2D eigenvalue weighted by atomic mass is 10.5. The molecule has 0 saturated carbocycles. The second-order valence-corrected chi connectivity index (χ2v) is 6.18. The average molecular weight is 323 g/mol. The fourth-order valence-corrected chi connectivity index (χ4v) is 1.81. The first-order valence-corrected chi connectivity index (χ1v) is 7.33. The van der Waals surface area contributed by atoms with E-state index in [9.17, 15) is 9.36 Å². The number of imidazole rings is 1. The van der Waals surface area contributed by atoms with Crippen LogP contribution in [0.5, 0.6) is 0 Å². The van der Waals surface area contributed by atoms with Gasteiger partial charge in [0.05, 0.1) is 21.1 Å². The van der Waals surface area contributed by atoms with Crippen molar-refractivity contribution < 1.29 is 33.1 Å². The smallest absolute Gasteiger partial charge is 0.421 e. The van der Waals surface area contributed by atoms with Crippen LogP contribution < -0.4 is 0 Å². The highest BCUT2D eigenvalue weighted by atomic mass is 31.1. The van der Waals surface area contributed by atoms with E-state index in [1.807, 2.05) is 21.1 Å². The molecule has 0 aliphatic rings. The zero-order valence-electron chi connectivity index (χ0n) is 12.6. The van der Waals surface area contributed by atoms with Crippen molar-refractivity contribution >= 4 is 14.3 Å². The number of quaternary nitrogens is 1. The predicted octanol–water partition coefficient (Wildman–Crippen LogP) is 1.17. The van der Waals surface area contributed by atoms with Gasteiger partial charge in [-0.1, -0.05) is 0 Å². The van der Waals surface area contributed by atoms with Gasteiger partial charge in [-0.15, -0.1) is 0 Å². The van der Waals surface area contributed by atoms with Gasteiger partial charge in [-0.25, -0.2) is 14.3 Å². The highest BCUT2D eigenvalue weighted by molar-refractivity contribution is 7.33. The first-order chi connectivity index (χ1) is 9.28. The zero-order valence-corrected chi connectivity index (χ0v) is 13.6.